The molecule has 0 saturated heterocycles. The van der Waals surface area contributed by atoms with E-state index in [4.69, 9.17) is 8.83 Å². The van der Waals surface area contributed by atoms with Gasteiger partial charge in [-0.25, -0.2) is 0 Å². The van der Waals surface area contributed by atoms with Gasteiger partial charge in [-0.3, -0.25) is 0 Å². The first-order valence-electron chi connectivity index (χ1n) is 52.2. The zero-order chi connectivity index (χ0) is 98.9. The minimum absolute atomic E-state index is 0.0339. The van der Waals surface area contributed by atoms with E-state index < -0.39 is 0 Å². The average molecular weight is 1920 g/mol. The van der Waals surface area contributed by atoms with Crippen molar-refractivity contribution in [3.8, 4) is 100 Å². The van der Waals surface area contributed by atoms with Gasteiger partial charge in [-0.05, 0) is 315 Å². The van der Waals surface area contributed by atoms with Crippen molar-refractivity contribution in [3.05, 3.63) is 568 Å². The smallest absolute Gasteiger partial charge is 0.159 e. The Morgan fingerprint density at radius 1 is 0.153 bits per heavy atom. The normalized spacial score (nSPS) is 13.1. The third-order valence-electron chi connectivity index (χ3n) is 32.0. The van der Waals surface area contributed by atoms with E-state index in [1.807, 2.05) is 12.1 Å². The van der Waals surface area contributed by atoms with Gasteiger partial charge in [0.2, 0.25) is 0 Å². The van der Waals surface area contributed by atoms with Crippen LogP contribution < -0.4 is 19.6 Å². The summed E-state index contributed by atoms with van der Waals surface area (Å²) in [7, 11) is 0. The minimum Gasteiger partial charge on any atom is -0.454 e. The predicted molar refractivity (Wildman–Crippen MR) is 628 cm³/mol. The Labute approximate surface area is 871 Å². The van der Waals surface area contributed by atoms with Crippen LogP contribution in [0.5, 0.6) is 0 Å². The molecule has 2 fully saturated rings. The Hall–Kier alpha value is -19.1. The zero-order valence-electron chi connectivity index (χ0n) is 82.4. The van der Waals surface area contributed by atoms with Crippen LogP contribution in [0.15, 0.2) is 555 Å². The molecule has 6 heteroatoms. The summed E-state index contributed by atoms with van der Waals surface area (Å²) in [4.78, 5) is 9.44. The highest BCUT2D eigenvalue weighted by atomic mass is 16.3. The van der Waals surface area contributed by atoms with Gasteiger partial charge in [0.15, 0.2) is 11.2 Å². The van der Waals surface area contributed by atoms with Crippen molar-refractivity contribution < 1.29 is 8.83 Å². The van der Waals surface area contributed by atoms with Gasteiger partial charge in [0.25, 0.3) is 0 Å². The number of furan rings is 2. The Balaban J connectivity index is 0.000000144. The number of fused-ring (bicyclic) bond motifs is 15. The molecule has 2 heterocycles. The number of anilines is 12. The summed E-state index contributed by atoms with van der Waals surface area (Å²) in [5, 5.41) is 12.3. The Kier molecular flexibility index (Phi) is 21.0. The first-order chi connectivity index (χ1) is 74.3. The van der Waals surface area contributed by atoms with Crippen molar-refractivity contribution in [1.82, 2.24) is 0 Å². The number of benzene rings is 24. The van der Waals surface area contributed by atoms with Gasteiger partial charge in [0.05, 0.1) is 22.7 Å². The lowest BCUT2D eigenvalue weighted by Crippen LogP contribution is -2.16. The maximum absolute atomic E-state index is 6.74. The number of nitrogens with zero attached hydrogens (tertiary/aromatic N) is 4. The highest BCUT2D eigenvalue weighted by Crippen LogP contribution is 2.65. The van der Waals surface area contributed by atoms with Crippen LogP contribution in [-0.4, -0.2) is 0 Å². The Bertz CT molecular complexity index is 9740. The largest absolute Gasteiger partial charge is 0.454 e. The van der Waals surface area contributed by atoms with Gasteiger partial charge < -0.3 is 28.4 Å². The maximum atomic E-state index is 6.74. The van der Waals surface area contributed by atoms with E-state index in [0.29, 0.717) is 0 Å². The van der Waals surface area contributed by atoms with Crippen LogP contribution in [0.3, 0.4) is 0 Å². The lowest BCUT2D eigenvalue weighted by atomic mass is 9.73. The second-order valence-corrected chi connectivity index (χ2v) is 40.4. The summed E-state index contributed by atoms with van der Waals surface area (Å²) in [5.74, 6) is 0. The third kappa shape index (κ3) is 14.8. The van der Waals surface area contributed by atoms with Crippen molar-refractivity contribution in [2.24, 2.45) is 0 Å². The summed E-state index contributed by atoms with van der Waals surface area (Å²) < 4.78 is 13.5. The van der Waals surface area contributed by atoms with Crippen molar-refractivity contribution >= 4 is 144 Å². The molecule has 2 saturated carbocycles. The summed E-state index contributed by atoms with van der Waals surface area (Å²) in [6.45, 7) is 0. The van der Waals surface area contributed by atoms with E-state index in [2.05, 4.69) is 553 Å². The molecule has 0 unspecified atom stereocenters. The molecule has 26 aromatic rings. The first-order valence-corrected chi connectivity index (χ1v) is 52.2. The monoisotopic (exact) mass is 1910 g/mol. The number of hydrogen-bond donors (Lipinski definition) is 0. The molecule has 0 bridgehead atoms. The molecule has 706 valence electrons. The number of rotatable bonds is 19. The molecule has 0 aliphatic heterocycles. The molecule has 4 aliphatic carbocycles. The second kappa shape index (κ2) is 36.0. The van der Waals surface area contributed by atoms with Gasteiger partial charge in [-0.1, -0.05) is 400 Å². The van der Waals surface area contributed by atoms with E-state index in [9.17, 15) is 0 Å². The van der Waals surface area contributed by atoms with Crippen LogP contribution in [-0.2, 0) is 10.8 Å². The predicted octanol–water partition coefficient (Wildman–Crippen LogP) is 40.3. The highest BCUT2D eigenvalue weighted by Gasteiger charge is 2.52. The van der Waals surface area contributed by atoms with Crippen LogP contribution in [0.25, 0.3) is 176 Å². The van der Waals surface area contributed by atoms with Crippen molar-refractivity contribution in [2.45, 2.75) is 36.5 Å². The molecule has 150 heavy (non-hydrogen) atoms. The number of para-hydroxylation sites is 8. The minimum atomic E-state index is -0.0339. The summed E-state index contributed by atoms with van der Waals surface area (Å²) in [6.07, 6.45) is 4.58. The SMILES string of the molecule is c1ccc(-c2ccc(N(c3ccccc3)c3ccc(-c4ccc5c(c4)C4(CC4)c4ccc(-c6ccc(N(c7ccccc7)c7ccc8ccccc8c7)cc6)c6cccc-5c46)cc3)cc2)cc1.c1ccc(-c2ccccc2N(c2ccc(-c3ccc4c(c3)C3(CC3)c3ccc(-c5ccc(N(c6ccccc6-c6ccccc6)c6cccc7c6oc6ccccc67)cc5)c5cccc-4c35)cc2)c2cccc3c2oc2ccccc23)cc1. The second-order valence-electron chi connectivity index (χ2n) is 40.4. The molecular formula is C144H98N4O2. The van der Waals surface area contributed by atoms with Crippen molar-refractivity contribution in [3.63, 3.8) is 0 Å². The van der Waals surface area contributed by atoms with E-state index in [-0.39, 0.29) is 10.8 Å². The molecular weight excluding hydrogens is 1820 g/mol. The van der Waals surface area contributed by atoms with E-state index >= 15 is 0 Å². The molecule has 30 rings (SSSR count). The van der Waals surface area contributed by atoms with E-state index in [0.717, 1.165) is 147 Å². The van der Waals surface area contributed by atoms with E-state index in [1.54, 1.807) is 0 Å². The van der Waals surface area contributed by atoms with Crippen molar-refractivity contribution in [1.29, 1.82) is 0 Å². The Morgan fingerprint density at radius 3 is 0.873 bits per heavy atom. The van der Waals surface area contributed by atoms with Crippen molar-refractivity contribution in [2.75, 3.05) is 19.6 Å². The highest BCUT2D eigenvalue weighted by molar-refractivity contribution is 6.16. The first kappa shape index (κ1) is 87.4. The lowest BCUT2D eigenvalue weighted by molar-refractivity contribution is 0.668. The third-order valence-corrected chi connectivity index (χ3v) is 32.0. The van der Waals surface area contributed by atoms with Gasteiger partial charge >= 0.3 is 0 Å². The van der Waals surface area contributed by atoms with Crippen LogP contribution >= 0.6 is 0 Å². The fourth-order valence-corrected chi connectivity index (χ4v) is 24.6. The van der Waals surface area contributed by atoms with E-state index in [1.165, 1.54) is 145 Å². The summed E-state index contributed by atoms with van der Waals surface area (Å²) >= 11 is 0. The molecule has 0 N–H and O–H groups in total. The number of hydrogen-bond acceptors (Lipinski definition) is 6. The van der Waals surface area contributed by atoms with Gasteiger partial charge in [-0.15, -0.1) is 0 Å². The van der Waals surface area contributed by atoms with Gasteiger partial charge in [0, 0.05) is 89.0 Å². The molecule has 6 nitrogen and oxygen atoms in total. The summed E-state index contributed by atoms with van der Waals surface area (Å²) in [6, 6.07) is 199. The molecule has 0 radical (unpaired) electrons. The lowest BCUT2D eigenvalue weighted by Gasteiger charge is -2.30. The maximum Gasteiger partial charge on any atom is 0.159 e. The standard InChI is InChI=1S/C79H52N2O2.C65H46N2/c1-3-18-52(19-4-1)59-22-7-11-30-70(59)80(72-32-16-28-66-62-24-9-13-34-74(62)82-77(66)72)56-41-36-51(37-42-56)55-40-45-61-65-27-15-26-64-58(46-47-68(76(64)65)79(48-49-79)69(61)50-55)54-38-43-57(44-39-54)81(71-31-12-8-23-60(71)53-20-5-2-6-21-53)73-33-17-29-67-63-25-10-14-35-75(63)83-78(67)73;1-4-13-45(14-5-1)47-23-31-54(32-24-47)66(52-17-6-2-7-18-52)55-33-25-48(26-34-55)51-30-38-59-61-22-12-21-60-58(39-40-62(64(60)61)65(41-42-65)63(59)44-51)49-28-35-56(36-29-49)67(53-19-8-3-9-20-53)57-37-27-46-15-10-11-16-50(46)43-57/h1-47,50H,48-49H2;1-40,43-44H,41-42H2. The molecule has 2 spiro atoms. The molecule has 0 amide bonds. The molecule has 4 aliphatic rings. The zero-order valence-corrected chi connectivity index (χ0v) is 82.4. The van der Waals surface area contributed by atoms with Crippen LogP contribution in [0, 0.1) is 0 Å². The van der Waals surface area contributed by atoms with Gasteiger partial charge in [0.1, 0.15) is 11.2 Å². The topological polar surface area (TPSA) is 39.2 Å². The Morgan fingerprint density at radius 2 is 0.440 bits per heavy atom. The fraction of sp³-hybridized carbons (Fsp3) is 0.0417. The average Bonchev–Trinajstić information content (AvgIpc) is 1.49. The molecule has 2 aromatic heterocycles. The van der Waals surface area contributed by atoms with Gasteiger partial charge in [-0.2, -0.15) is 0 Å². The fourth-order valence-electron chi connectivity index (χ4n) is 24.6. The molecule has 24 aromatic carbocycles. The van der Waals surface area contributed by atoms with Crippen LogP contribution in [0.1, 0.15) is 47.9 Å². The van der Waals surface area contributed by atoms with Crippen LogP contribution in [0.2, 0.25) is 0 Å². The molecule has 0 atom stereocenters. The van der Waals surface area contributed by atoms with Crippen LogP contribution in [0.4, 0.5) is 68.2 Å². The quantitative estimate of drug-likeness (QED) is 0.0803. The summed E-state index contributed by atoms with van der Waals surface area (Å²) in [5.41, 5.74) is 44.5.